The molecule has 0 atom stereocenters. The fourth-order valence-electron chi connectivity index (χ4n) is 1.14. The molecule has 0 amide bonds. The average Bonchev–Trinajstić information content (AvgIpc) is 2.08. The van der Waals surface area contributed by atoms with Gasteiger partial charge in [-0.2, -0.15) is 0 Å². The van der Waals surface area contributed by atoms with E-state index >= 15 is 0 Å². The van der Waals surface area contributed by atoms with E-state index in [0.717, 1.165) is 16.9 Å². The van der Waals surface area contributed by atoms with Gasteiger partial charge in [0, 0.05) is 18.1 Å². The lowest BCUT2D eigenvalue weighted by Gasteiger charge is -2.13. The molecular formula is C10H15ClN2. The van der Waals surface area contributed by atoms with Crippen molar-refractivity contribution in [1.82, 2.24) is 4.98 Å². The van der Waals surface area contributed by atoms with Crippen LogP contribution in [0.5, 0.6) is 0 Å². The van der Waals surface area contributed by atoms with Crippen molar-refractivity contribution in [3.05, 3.63) is 23.4 Å². The summed E-state index contributed by atoms with van der Waals surface area (Å²) >= 11 is 5.79. The van der Waals surface area contributed by atoms with Gasteiger partial charge in [-0.3, -0.25) is 0 Å². The summed E-state index contributed by atoms with van der Waals surface area (Å²) < 4.78 is 0. The van der Waals surface area contributed by atoms with Crippen molar-refractivity contribution >= 4 is 17.4 Å². The molecule has 0 saturated carbocycles. The zero-order chi connectivity index (χ0) is 9.84. The SMILES string of the molecule is Cc1c(CCl)ccnc1NC(C)C. The summed E-state index contributed by atoms with van der Waals surface area (Å²) in [5.41, 5.74) is 2.28. The van der Waals surface area contributed by atoms with Crippen LogP contribution in [0.4, 0.5) is 5.82 Å². The van der Waals surface area contributed by atoms with Gasteiger partial charge in [0.1, 0.15) is 5.82 Å². The molecule has 1 aromatic rings. The quantitative estimate of drug-likeness (QED) is 0.756. The normalized spacial score (nSPS) is 10.5. The Balaban J connectivity index is 2.94. The van der Waals surface area contributed by atoms with Crippen molar-refractivity contribution in [2.45, 2.75) is 32.7 Å². The number of alkyl halides is 1. The monoisotopic (exact) mass is 198 g/mol. The first-order chi connectivity index (χ1) is 6.15. The average molecular weight is 199 g/mol. The van der Waals surface area contributed by atoms with E-state index in [1.54, 1.807) is 6.20 Å². The van der Waals surface area contributed by atoms with Gasteiger partial charge in [0.25, 0.3) is 0 Å². The third kappa shape index (κ3) is 2.59. The Morgan fingerprint density at radius 2 is 2.23 bits per heavy atom. The number of hydrogen-bond acceptors (Lipinski definition) is 2. The van der Waals surface area contributed by atoms with E-state index in [9.17, 15) is 0 Å². The highest BCUT2D eigenvalue weighted by Gasteiger charge is 2.04. The summed E-state index contributed by atoms with van der Waals surface area (Å²) in [6.07, 6.45) is 1.79. The summed E-state index contributed by atoms with van der Waals surface area (Å²) in [5.74, 6) is 1.48. The summed E-state index contributed by atoms with van der Waals surface area (Å²) in [4.78, 5) is 4.26. The number of nitrogens with one attached hydrogen (secondary N) is 1. The molecule has 2 nitrogen and oxygen atoms in total. The van der Waals surface area contributed by atoms with Gasteiger partial charge in [0.05, 0.1) is 0 Å². The Morgan fingerprint density at radius 1 is 1.54 bits per heavy atom. The highest BCUT2D eigenvalue weighted by Crippen LogP contribution is 2.17. The Hall–Kier alpha value is -0.760. The molecule has 0 bridgehead atoms. The molecule has 0 fully saturated rings. The van der Waals surface area contributed by atoms with Crippen molar-refractivity contribution in [2.24, 2.45) is 0 Å². The molecule has 0 aliphatic carbocycles. The van der Waals surface area contributed by atoms with Crippen LogP contribution in [0.2, 0.25) is 0 Å². The lowest BCUT2D eigenvalue weighted by Crippen LogP contribution is -2.12. The van der Waals surface area contributed by atoms with Crippen LogP contribution < -0.4 is 5.32 Å². The molecule has 0 radical (unpaired) electrons. The Kier molecular flexibility index (Phi) is 3.55. The summed E-state index contributed by atoms with van der Waals surface area (Å²) in [6, 6.07) is 2.35. The van der Waals surface area contributed by atoms with E-state index in [2.05, 4.69) is 24.1 Å². The van der Waals surface area contributed by atoms with Gasteiger partial charge in [-0.1, -0.05) is 0 Å². The largest absolute Gasteiger partial charge is 0.368 e. The Labute approximate surface area is 84.3 Å². The van der Waals surface area contributed by atoms with Crippen molar-refractivity contribution in [2.75, 3.05) is 5.32 Å². The van der Waals surface area contributed by atoms with Crippen LogP contribution in [0.3, 0.4) is 0 Å². The molecule has 13 heavy (non-hydrogen) atoms. The van der Waals surface area contributed by atoms with E-state index in [4.69, 9.17) is 11.6 Å². The molecule has 0 unspecified atom stereocenters. The second kappa shape index (κ2) is 4.47. The number of aromatic nitrogens is 1. The van der Waals surface area contributed by atoms with Crippen molar-refractivity contribution in [1.29, 1.82) is 0 Å². The molecule has 0 aromatic carbocycles. The first-order valence-corrected chi connectivity index (χ1v) is 4.95. The van der Waals surface area contributed by atoms with Crippen LogP contribution in [-0.2, 0) is 5.88 Å². The van der Waals surface area contributed by atoms with Gasteiger partial charge in [-0.25, -0.2) is 4.98 Å². The molecule has 0 aliphatic heterocycles. The molecule has 1 aromatic heterocycles. The van der Waals surface area contributed by atoms with Crippen LogP contribution in [0.1, 0.15) is 25.0 Å². The van der Waals surface area contributed by atoms with Crippen LogP contribution in [0.15, 0.2) is 12.3 Å². The minimum atomic E-state index is 0.400. The number of rotatable bonds is 3. The minimum Gasteiger partial charge on any atom is -0.368 e. The zero-order valence-electron chi connectivity index (χ0n) is 8.26. The van der Waals surface area contributed by atoms with Gasteiger partial charge < -0.3 is 5.32 Å². The van der Waals surface area contributed by atoms with Crippen LogP contribution in [0.25, 0.3) is 0 Å². The predicted octanol–water partition coefficient (Wildman–Crippen LogP) is 2.95. The number of anilines is 1. The number of nitrogens with zero attached hydrogens (tertiary/aromatic N) is 1. The summed E-state index contributed by atoms with van der Waals surface area (Å²) in [7, 11) is 0. The molecule has 0 saturated heterocycles. The number of hydrogen-bond donors (Lipinski definition) is 1. The molecule has 3 heteroatoms. The zero-order valence-corrected chi connectivity index (χ0v) is 9.02. The molecule has 0 aliphatic rings. The standard InChI is InChI=1S/C10H15ClN2/c1-7(2)13-10-8(3)9(6-11)4-5-12-10/h4-5,7H,6H2,1-3H3,(H,12,13). The summed E-state index contributed by atoms with van der Waals surface area (Å²) in [6.45, 7) is 6.22. The number of halogens is 1. The fraction of sp³-hybridized carbons (Fsp3) is 0.500. The lowest BCUT2D eigenvalue weighted by atomic mass is 10.1. The van der Waals surface area contributed by atoms with Crippen molar-refractivity contribution < 1.29 is 0 Å². The highest BCUT2D eigenvalue weighted by molar-refractivity contribution is 6.17. The van der Waals surface area contributed by atoms with Gasteiger partial charge in [-0.05, 0) is 38.0 Å². The molecule has 1 rings (SSSR count). The Bertz CT molecular complexity index is 284. The summed E-state index contributed by atoms with van der Waals surface area (Å²) in [5, 5.41) is 3.28. The second-order valence-corrected chi connectivity index (χ2v) is 3.64. The number of pyridine rings is 1. The highest BCUT2D eigenvalue weighted by atomic mass is 35.5. The van der Waals surface area contributed by atoms with Gasteiger partial charge in [0.2, 0.25) is 0 Å². The van der Waals surface area contributed by atoms with E-state index in [0.29, 0.717) is 11.9 Å². The predicted molar refractivity (Wildman–Crippen MR) is 57.3 cm³/mol. The van der Waals surface area contributed by atoms with E-state index in [1.807, 2.05) is 13.0 Å². The topological polar surface area (TPSA) is 24.9 Å². The molecule has 1 heterocycles. The lowest BCUT2D eigenvalue weighted by molar-refractivity contribution is 0.884. The first kappa shape index (κ1) is 10.3. The van der Waals surface area contributed by atoms with Gasteiger partial charge >= 0.3 is 0 Å². The molecule has 0 spiro atoms. The van der Waals surface area contributed by atoms with Gasteiger partial charge in [-0.15, -0.1) is 11.6 Å². The smallest absolute Gasteiger partial charge is 0.129 e. The van der Waals surface area contributed by atoms with E-state index < -0.39 is 0 Å². The minimum absolute atomic E-state index is 0.400. The fourth-order valence-corrected chi connectivity index (χ4v) is 1.43. The third-order valence-electron chi connectivity index (χ3n) is 1.89. The molecule has 72 valence electrons. The van der Waals surface area contributed by atoms with Crippen LogP contribution >= 0.6 is 11.6 Å². The van der Waals surface area contributed by atoms with Crippen molar-refractivity contribution in [3.63, 3.8) is 0 Å². The second-order valence-electron chi connectivity index (χ2n) is 3.38. The molecule has 1 N–H and O–H groups in total. The van der Waals surface area contributed by atoms with E-state index in [1.165, 1.54) is 0 Å². The van der Waals surface area contributed by atoms with Gasteiger partial charge in [0.15, 0.2) is 0 Å². The molecular weight excluding hydrogens is 184 g/mol. The van der Waals surface area contributed by atoms with Crippen LogP contribution in [0, 0.1) is 6.92 Å². The van der Waals surface area contributed by atoms with Crippen LogP contribution in [-0.4, -0.2) is 11.0 Å². The third-order valence-corrected chi connectivity index (χ3v) is 2.17. The first-order valence-electron chi connectivity index (χ1n) is 4.42. The maximum absolute atomic E-state index is 5.79. The van der Waals surface area contributed by atoms with Crippen molar-refractivity contribution in [3.8, 4) is 0 Å². The Morgan fingerprint density at radius 3 is 2.77 bits per heavy atom. The maximum Gasteiger partial charge on any atom is 0.129 e. The van der Waals surface area contributed by atoms with E-state index in [-0.39, 0.29) is 0 Å². The maximum atomic E-state index is 5.79.